The van der Waals surface area contributed by atoms with E-state index in [0.29, 0.717) is 5.69 Å². The van der Waals surface area contributed by atoms with E-state index in [1.165, 1.54) is 7.11 Å². The highest BCUT2D eigenvalue weighted by Crippen LogP contribution is 2.12. The summed E-state index contributed by atoms with van der Waals surface area (Å²) >= 11 is 0. The van der Waals surface area contributed by atoms with E-state index in [0.717, 1.165) is 5.56 Å². The third-order valence-electron chi connectivity index (χ3n) is 2.40. The molecule has 0 heterocycles. The Hall–Kier alpha value is -2.08. The number of ether oxygens (including phenoxy) is 1. The third kappa shape index (κ3) is 4.06. The van der Waals surface area contributed by atoms with Crippen LogP contribution in [0.1, 0.15) is 5.56 Å². The molecule has 1 unspecified atom stereocenters. The minimum atomic E-state index is -1.12. The maximum absolute atomic E-state index is 11.5. The lowest BCUT2D eigenvalue weighted by molar-refractivity contribution is -0.147. The van der Waals surface area contributed by atoms with Crippen LogP contribution in [0.15, 0.2) is 24.3 Å². The Morgan fingerprint density at radius 1 is 1.39 bits per heavy atom. The SMILES string of the molecule is COC(CNC(=O)Nc1ccccc1C)C(=O)O. The van der Waals surface area contributed by atoms with E-state index in [2.05, 4.69) is 10.6 Å². The molecule has 0 fully saturated rings. The van der Waals surface area contributed by atoms with Crippen molar-refractivity contribution in [2.45, 2.75) is 13.0 Å². The number of anilines is 1. The Balaban J connectivity index is 2.48. The number of nitrogens with one attached hydrogen (secondary N) is 2. The minimum absolute atomic E-state index is 0.0937. The lowest BCUT2D eigenvalue weighted by Crippen LogP contribution is -2.39. The summed E-state index contributed by atoms with van der Waals surface area (Å²) in [5.41, 5.74) is 1.61. The van der Waals surface area contributed by atoms with Gasteiger partial charge in [-0.2, -0.15) is 0 Å². The van der Waals surface area contributed by atoms with Crippen LogP contribution >= 0.6 is 0 Å². The Morgan fingerprint density at radius 2 is 2.06 bits per heavy atom. The van der Waals surface area contributed by atoms with Crippen molar-refractivity contribution in [3.05, 3.63) is 29.8 Å². The number of amides is 2. The molecule has 0 spiro atoms. The van der Waals surface area contributed by atoms with Crippen molar-refractivity contribution in [1.29, 1.82) is 0 Å². The molecule has 1 aromatic rings. The minimum Gasteiger partial charge on any atom is -0.479 e. The van der Waals surface area contributed by atoms with Crippen LogP contribution in [0, 0.1) is 6.92 Å². The number of benzene rings is 1. The van der Waals surface area contributed by atoms with Gasteiger partial charge in [0.15, 0.2) is 6.10 Å². The number of hydrogen-bond acceptors (Lipinski definition) is 3. The standard InChI is InChI=1S/C12H16N2O4/c1-8-5-3-4-6-9(8)14-12(17)13-7-10(18-2)11(15)16/h3-6,10H,7H2,1-2H3,(H,15,16)(H2,13,14,17). The van der Waals surface area contributed by atoms with Gasteiger partial charge in [0.1, 0.15) is 0 Å². The van der Waals surface area contributed by atoms with Gasteiger partial charge in [-0.1, -0.05) is 18.2 Å². The summed E-state index contributed by atoms with van der Waals surface area (Å²) in [5, 5.41) is 13.8. The van der Waals surface area contributed by atoms with Gasteiger partial charge in [-0.25, -0.2) is 9.59 Å². The Morgan fingerprint density at radius 3 is 2.61 bits per heavy atom. The molecule has 6 heteroatoms. The number of rotatable bonds is 5. The maximum atomic E-state index is 11.5. The molecule has 3 N–H and O–H groups in total. The summed E-state index contributed by atoms with van der Waals surface area (Å²) in [6.07, 6.45) is -1.05. The number of aryl methyl sites for hydroxylation is 1. The van der Waals surface area contributed by atoms with Gasteiger partial charge in [0.05, 0.1) is 6.54 Å². The molecule has 0 bridgehead atoms. The van der Waals surface area contributed by atoms with E-state index in [1.54, 1.807) is 12.1 Å². The highest BCUT2D eigenvalue weighted by molar-refractivity contribution is 5.90. The Bertz CT molecular complexity index is 434. The second-order valence-corrected chi connectivity index (χ2v) is 3.71. The number of carboxylic acids is 1. The van der Waals surface area contributed by atoms with Crippen LogP contribution in [0.3, 0.4) is 0 Å². The molecule has 1 aromatic carbocycles. The topological polar surface area (TPSA) is 87.7 Å². The summed E-state index contributed by atoms with van der Waals surface area (Å²) < 4.78 is 4.69. The van der Waals surface area contributed by atoms with Crippen LogP contribution in [0.25, 0.3) is 0 Å². The van der Waals surface area contributed by atoms with Crippen LogP contribution in [0.4, 0.5) is 10.5 Å². The van der Waals surface area contributed by atoms with Crippen molar-refractivity contribution in [2.75, 3.05) is 19.0 Å². The van der Waals surface area contributed by atoms with Crippen molar-refractivity contribution in [3.63, 3.8) is 0 Å². The fourth-order valence-corrected chi connectivity index (χ4v) is 1.34. The molecule has 0 saturated heterocycles. The molecule has 1 atom stereocenters. The summed E-state index contributed by atoms with van der Waals surface area (Å²) in [6, 6.07) is 6.83. The fourth-order valence-electron chi connectivity index (χ4n) is 1.34. The van der Waals surface area contributed by atoms with Crippen molar-refractivity contribution >= 4 is 17.7 Å². The highest BCUT2D eigenvalue weighted by Gasteiger charge is 2.17. The maximum Gasteiger partial charge on any atom is 0.334 e. The smallest absolute Gasteiger partial charge is 0.334 e. The number of carbonyl (C=O) groups excluding carboxylic acids is 1. The molecule has 0 radical (unpaired) electrons. The van der Waals surface area contributed by atoms with Crippen LogP contribution < -0.4 is 10.6 Å². The Labute approximate surface area is 105 Å². The quantitative estimate of drug-likeness (QED) is 0.735. The molecule has 2 amide bonds. The molecule has 1 rings (SSSR count). The first kappa shape index (κ1) is 14.0. The van der Waals surface area contributed by atoms with E-state index >= 15 is 0 Å². The van der Waals surface area contributed by atoms with Gasteiger partial charge in [-0.3, -0.25) is 0 Å². The molecule has 18 heavy (non-hydrogen) atoms. The van der Waals surface area contributed by atoms with Crippen molar-refractivity contribution < 1.29 is 19.4 Å². The fraction of sp³-hybridized carbons (Fsp3) is 0.333. The average molecular weight is 252 g/mol. The second-order valence-electron chi connectivity index (χ2n) is 3.71. The summed E-state index contributed by atoms with van der Waals surface area (Å²) in [4.78, 5) is 22.2. The van der Waals surface area contributed by atoms with Crippen LogP contribution in [-0.2, 0) is 9.53 Å². The first-order valence-corrected chi connectivity index (χ1v) is 5.40. The van der Waals surface area contributed by atoms with Gasteiger partial charge < -0.3 is 20.5 Å². The molecule has 6 nitrogen and oxygen atoms in total. The zero-order valence-corrected chi connectivity index (χ0v) is 10.3. The molecule has 0 saturated carbocycles. The number of carbonyl (C=O) groups is 2. The molecule has 0 aliphatic heterocycles. The van der Waals surface area contributed by atoms with Gasteiger partial charge in [-0.05, 0) is 18.6 Å². The Kier molecular flexibility index (Phi) is 5.13. The van der Waals surface area contributed by atoms with E-state index in [9.17, 15) is 9.59 Å². The van der Waals surface area contributed by atoms with Gasteiger partial charge in [0.2, 0.25) is 0 Å². The summed E-state index contributed by atoms with van der Waals surface area (Å²) in [6.45, 7) is 1.77. The van der Waals surface area contributed by atoms with Gasteiger partial charge in [-0.15, -0.1) is 0 Å². The largest absolute Gasteiger partial charge is 0.479 e. The number of methoxy groups -OCH3 is 1. The van der Waals surface area contributed by atoms with Gasteiger partial charge >= 0.3 is 12.0 Å². The lowest BCUT2D eigenvalue weighted by atomic mass is 10.2. The van der Waals surface area contributed by atoms with Gasteiger partial charge in [0.25, 0.3) is 0 Å². The average Bonchev–Trinajstić information content (AvgIpc) is 2.32. The molecule has 0 aromatic heterocycles. The normalized spacial score (nSPS) is 11.7. The number of urea groups is 1. The summed E-state index contributed by atoms with van der Waals surface area (Å²) in [5.74, 6) is -1.12. The molecular formula is C12H16N2O4. The van der Waals surface area contributed by atoms with E-state index in [-0.39, 0.29) is 6.54 Å². The van der Waals surface area contributed by atoms with E-state index < -0.39 is 18.1 Å². The molecule has 0 aliphatic rings. The predicted molar refractivity (Wildman–Crippen MR) is 66.6 cm³/mol. The molecule has 0 aliphatic carbocycles. The monoisotopic (exact) mass is 252 g/mol. The molecular weight excluding hydrogens is 236 g/mol. The highest BCUT2D eigenvalue weighted by atomic mass is 16.5. The number of carboxylic acid groups (broad SMARTS) is 1. The van der Waals surface area contributed by atoms with Crippen LogP contribution in [-0.4, -0.2) is 36.9 Å². The number of hydrogen-bond donors (Lipinski definition) is 3. The zero-order valence-electron chi connectivity index (χ0n) is 10.3. The van der Waals surface area contributed by atoms with E-state index in [1.807, 2.05) is 19.1 Å². The van der Waals surface area contributed by atoms with Crippen LogP contribution in [0.2, 0.25) is 0 Å². The first-order valence-electron chi connectivity index (χ1n) is 5.40. The lowest BCUT2D eigenvalue weighted by Gasteiger charge is -2.13. The van der Waals surface area contributed by atoms with Crippen LogP contribution in [0.5, 0.6) is 0 Å². The molecule has 98 valence electrons. The first-order chi connectivity index (χ1) is 8.54. The third-order valence-corrected chi connectivity index (χ3v) is 2.40. The van der Waals surface area contributed by atoms with Crippen molar-refractivity contribution in [2.24, 2.45) is 0 Å². The number of aliphatic carboxylic acids is 1. The zero-order chi connectivity index (χ0) is 13.5. The van der Waals surface area contributed by atoms with E-state index in [4.69, 9.17) is 9.84 Å². The van der Waals surface area contributed by atoms with Crippen molar-refractivity contribution in [1.82, 2.24) is 5.32 Å². The van der Waals surface area contributed by atoms with Crippen molar-refractivity contribution in [3.8, 4) is 0 Å². The predicted octanol–water partition coefficient (Wildman–Crippen LogP) is 1.22. The second kappa shape index (κ2) is 6.61. The van der Waals surface area contributed by atoms with Gasteiger partial charge in [0, 0.05) is 12.8 Å². The number of para-hydroxylation sites is 1. The summed E-state index contributed by atoms with van der Waals surface area (Å²) in [7, 11) is 1.28.